The first-order chi connectivity index (χ1) is 15.6. The van der Waals surface area contributed by atoms with Crippen LogP contribution in [-0.4, -0.2) is 39.8 Å². The number of ether oxygens (including phenoxy) is 2. The maximum atomic E-state index is 12.6. The molecule has 0 fully saturated rings. The molecule has 0 radical (unpaired) electrons. The van der Waals surface area contributed by atoms with E-state index in [-0.39, 0.29) is 5.91 Å². The van der Waals surface area contributed by atoms with E-state index in [0.29, 0.717) is 48.9 Å². The molecule has 2 aromatic rings. The topological polar surface area (TPSA) is 95.4 Å². The van der Waals surface area contributed by atoms with Gasteiger partial charge in [-0.25, -0.2) is 0 Å². The van der Waals surface area contributed by atoms with Crippen LogP contribution < -0.4 is 25.4 Å². The molecule has 0 aliphatic heterocycles. The van der Waals surface area contributed by atoms with Crippen LogP contribution in [0.4, 0.5) is 5.69 Å². The summed E-state index contributed by atoms with van der Waals surface area (Å²) in [6.07, 6.45) is 2.41. The van der Waals surface area contributed by atoms with E-state index < -0.39 is 0 Å². The van der Waals surface area contributed by atoms with Gasteiger partial charge < -0.3 is 25.4 Å². The van der Waals surface area contributed by atoms with Gasteiger partial charge in [-0.15, -0.1) is 0 Å². The van der Waals surface area contributed by atoms with Gasteiger partial charge in [-0.2, -0.15) is 5.26 Å². The number of carbonyl (C=O) groups excluding carboxylic acids is 1. The average Bonchev–Trinajstić information content (AvgIpc) is 2.84. The maximum absolute atomic E-state index is 12.6. The van der Waals surface area contributed by atoms with E-state index in [0.717, 1.165) is 11.3 Å². The maximum Gasteiger partial charge on any atom is 0.255 e. The van der Waals surface area contributed by atoms with Crippen LogP contribution >= 0.6 is 0 Å². The van der Waals surface area contributed by atoms with Crippen molar-refractivity contribution in [3.63, 3.8) is 0 Å². The fourth-order valence-electron chi connectivity index (χ4n) is 2.85. The van der Waals surface area contributed by atoms with E-state index in [1.54, 1.807) is 31.4 Å². The summed E-state index contributed by atoms with van der Waals surface area (Å²) in [6, 6.07) is 14.6. The highest BCUT2D eigenvalue weighted by Gasteiger charge is 2.12. The molecule has 0 bridgehead atoms. The second-order valence-electron chi connectivity index (χ2n) is 6.36. The fourth-order valence-corrected chi connectivity index (χ4v) is 2.85. The number of hydrogen-bond acceptors (Lipinski definition) is 6. The van der Waals surface area contributed by atoms with E-state index >= 15 is 0 Å². The molecule has 0 saturated heterocycles. The van der Waals surface area contributed by atoms with E-state index in [2.05, 4.69) is 22.0 Å². The smallest absolute Gasteiger partial charge is 0.255 e. The van der Waals surface area contributed by atoms with Crippen molar-refractivity contribution < 1.29 is 14.3 Å². The number of rotatable bonds is 11. The molecule has 7 nitrogen and oxygen atoms in total. The molecule has 2 rings (SSSR count). The van der Waals surface area contributed by atoms with Gasteiger partial charge in [0.1, 0.15) is 18.1 Å². The molecule has 1 amide bonds. The molecule has 0 aliphatic rings. The molecule has 0 heterocycles. The van der Waals surface area contributed by atoms with Crippen LogP contribution in [0.25, 0.3) is 5.70 Å². The fraction of sp³-hybridized carbons (Fsp3) is 0.360. The van der Waals surface area contributed by atoms with Crippen LogP contribution in [0.3, 0.4) is 0 Å². The lowest BCUT2D eigenvalue weighted by Gasteiger charge is -2.16. The molecule has 0 spiro atoms. The van der Waals surface area contributed by atoms with E-state index in [9.17, 15) is 4.79 Å². The van der Waals surface area contributed by atoms with Crippen molar-refractivity contribution in [1.29, 1.82) is 5.26 Å². The van der Waals surface area contributed by atoms with Crippen molar-refractivity contribution in [3.05, 3.63) is 59.7 Å². The van der Waals surface area contributed by atoms with Gasteiger partial charge in [0.2, 0.25) is 0 Å². The van der Waals surface area contributed by atoms with Crippen molar-refractivity contribution in [1.82, 2.24) is 10.6 Å². The van der Waals surface area contributed by atoms with Crippen molar-refractivity contribution in [3.8, 4) is 17.6 Å². The van der Waals surface area contributed by atoms with Gasteiger partial charge in [0.15, 0.2) is 0 Å². The van der Waals surface area contributed by atoms with E-state index in [1.807, 2.05) is 52.1 Å². The lowest BCUT2D eigenvalue weighted by molar-refractivity contribution is 0.102. The Bertz CT molecular complexity index is 920. The van der Waals surface area contributed by atoms with Gasteiger partial charge in [0.05, 0.1) is 13.2 Å². The molecule has 0 saturated carbocycles. The second-order valence-corrected chi connectivity index (χ2v) is 6.36. The van der Waals surface area contributed by atoms with Crippen LogP contribution in [-0.2, 0) is 0 Å². The monoisotopic (exact) mass is 438 g/mol. The average molecular weight is 439 g/mol. The number of methoxy groups -OCH3 is 1. The number of carbonyl (C=O) groups is 1. The van der Waals surface area contributed by atoms with Gasteiger partial charge in [-0.05, 0) is 43.3 Å². The lowest BCUT2D eigenvalue weighted by Crippen LogP contribution is -2.22. The number of benzene rings is 2. The normalized spacial score (nSPS) is 10.3. The summed E-state index contributed by atoms with van der Waals surface area (Å²) in [7, 11) is 3.40. The molecule has 0 atom stereocenters. The summed E-state index contributed by atoms with van der Waals surface area (Å²) in [4.78, 5) is 12.6. The first-order valence-corrected chi connectivity index (χ1v) is 10.8. The number of hydrogen-bond donors (Lipinski definition) is 3. The van der Waals surface area contributed by atoms with Crippen molar-refractivity contribution in [2.75, 3.05) is 39.2 Å². The summed E-state index contributed by atoms with van der Waals surface area (Å²) in [5.74, 6) is 1.11. The van der Waals surface area contributed by atoms with Crippen LogP contribution in [0.1, 0.15) is 43.1 Å². The number of amides is 1. The Morgan fingerprint density at radius 1 is 1.16 bits per heavy atom. The molecular formula is C25H34N4O3. The third-order valence-electron chi connectivity index (χ3n) is 4.37. The molecule has 0 aromatic heterocycles. The Balaban J connectivity index is 0.00000249. The van der Waals surface area contributed by atoms with Crippen LogP contribution in [0.5, 0.6) is 11.5 Å². The summed E-state index contributed by atoms with van der Waals surface area (Å²) in [5, 5.41) is 17.8. The predicted molar refractivity (Wildman–Crippen MR) is 130 cm³/mol. The Kier molecular flexibility index (Phi) is 12.7. The van der Waals surface area contributed by atoms with Gasteiger partial charge >= 0.3 is 0 Å². The van der Waals surface area contributed by atoms with Crippen molar-refractivity contribution in [2.24, 2.45) is 0 Å². The van der Waals surface area contributed by atoms with E-state index in [1.165, 1.54) is 0 Å². The first-order valence-electron chi connectivity index (χ1n) is 10.8. The number of anilines is 1. The SMILES string of the molecule is C/C=C(\NC)c1cc(NC(=O)c2cccc(OC)c2)ccc1OCCNCCC#N.CC. The molecule has 0 unspecified atom stereocenters. The van der Waals surface area contributed by atoms with Crippen LogP contribution in [0.15, 0.2) is 48.5 Å². The minimum absolute atomic E-state index is 0.221. The quantitative estimate of drug-likeness (QED) is 0.449. The van der Waals surface area contributed by atoms with Crippen LogP contribution in [0.2, 0.25) is 0 Å². The van der Waals surface area contributed by atoms with Gasteiger partial charge in [-0.3, -0.25) is 4.79 Å². The zero-order chi connectivity index (χ0) is 23.8. The van der Waals surface area contributed by atoms with Crippen LogP contribution in [0, 0.1) is 11.3 Å². The zero-order valence-corrected chi connectivity index (χ0v) is 19.6. The Hall–Kier alpha value is -3.50. The summed E-state index contributed by atoms with van der Waals surface area (Å²) in [6.45, 7) is 7.67. The summed E-state index contributed by atoms with van der Waals surface area (Å²) >= 11 is 0. The van der Waals surface area contributed by atoms with Crippen molar-refractivity contribution >= 4 is 17.3 Å². The molecule has 3 N–H and O–H groups in total. The predicted octanol–water partition coefficient (Wildman–Crippen LogP) is 4.44. The lowest BCUT2D eigenvalue weighted by atomic mass is 10.1. The van der Waals surface area contributed by atoms with Crippen molar-refractivity contribution in [2.45, 2.75) is 27.2 Å². The number of allylic oxidation sites excluding steroid dienone is 1. The Morgan fingerprint density at radius 2 is 1.94 bits per heavy atom. The minimum atomic E-state index is -0.221. The first kappa shape index (κ1) is 26.5. The largest absolute Gasteiger partial charge is 0.497 e. The number of nitriles is 1. The standard InChI is InChI=1S/C23H28N4O3.C2H6/c1-4-21(25-2)20-16-18(9-10-22(20)30-14-13-26-12-6-11-24)27-23(28)17-7-5-8-19(15-17)29-3;1-2/h4-5,7-10,15-16,25-26H,6,12-14H2,1-3H3,(H,27,28);1-2H3/b21-4-;. The number of nitrogens with zero attached hydrogens (tertiary/aromatic N) is 1. The molecule has 7 heteroatoms. The third-order valence-corrected chi connectivity index (χ3v) is 4.37. The second kappa shape index (κ2) is 15.3. The highest BCUT2D eigenvalue weighted by molar-refractivity contribution is 6.04. The molecule has 172 valence electrons. The highest BCUT2D eigenvalue weighted by Crippen LogP contribution is 2.28. The number of nitrogens with one attached hydrogen (secondary N) is 3. The molecule has 0 aliphatic carbocycles. The molecule has 32 heavy (non-hydrogen) atoms. The Morgan fingerprint density at radius 3 is 2.59 bits per heavy atom. The zero-order valence-electron chi connectivity index (χ0n) is 19.6. The van der Waals surface area contributed by atoms with Gasteiger partial charge in [-0.1, -0.05) is 26.0 Å². The summed E-state index contributed by atoms with van der Waals surface area (Å²) < 4.78 is 11.1. The molecule has 2 aromatic carbocycles. The molecular weight excluding hydrogens is 404 g/mol. The third kappa shape index (κ3) is 8.32. The minimum Gasteiger partial charge on any atom is -0.497 e. The van der Waals surface area contributed by atoms with Gasteiger partial charge in [0, 0.05) is 49.1 Å². The highest BCUT2D eigenvalue weighted by atomic mass is 16.5. The summed E-state index contributed by atoms with van der Waals surface area (Å²) in [5.41, 5.74) is 2.91. The Labute approximate surface area is 191 Å². The van der Waals surface area contributed by atoms with Gasteiger partial charge in [0.25, 0.3) is 5.91 Å². The van der Waals surface area contributed by atoms with E-state index in [4.69, 9.17) is 14.7 Å².